The van der Waals surface area contributed by atoms with E-state index in [1.165, 1.54) is 0 Å². The van der Waals surface area contributed by atoms with Crippen LogP contribution in [-0.2, 0) is 0 Å². The molecule has 17 heavy (non-hydrogen) atoms. The van der Waals surface area contributed by atoms with Gasteiger partial charge in [-0.25, -0.2) is 0 Å². The molecule has 2 heterocycles. The summed E-state index contributed by atoms with van der Waals surface area (Å²) in [4.78, 5) is 13.1. The number of methoxy groups -OCH3 is 2. The van der Waals surface area contributed by atoms with Gasteiger partial charge in [-0.05, 0) is 7.05 Å². The molecule has 1 aliphatic rings. The second kappa shape index (κ2) is 5.18. The van der Waals surface area contributed by atoms with Crippen molar-refractivity contribution in [1.82, 2.24) is 14.9 Å². The number of ether oxygens (including phenoxy) is 2. The van der Waals surface area contributed by atoms with Gasteiger partial charge in [0.1, 0.15) is 0 Å². The normalized spacial score (nSPS) is 17.0. The minimum atomic E-state index is 0.533. The van der Waals surface area contributed by atoms with Crippen molar-refractivity contribution in [3.05, 3.63) is 6.07 Å². The van der Waals surface area contributed by atoms with Crippen LogP contribution in [0.5, 0.6) is 11.8 Å². The van der Waals surface area contributed by atoms with Gasteiger partial charge >= 0.3 is 0 Å². The molecule has 1 fully saturated rings. The average Bonchev–Trinajstić information content (AvgIpc) is 2.39. The molecular formula is C11H18N4O2. The zero-order chi connectivity index (χ0) is 12.3. The highest BCUT2D eigenvalue weighted by atomic mass is 16.5. The first kappa shape index (κ1) is 11.9. The monoisotopic (exact) mass is 238 g/mol. The standard InChI is InChI=1S/C11H18N4O2/c1-14-4-6-15(7-5-14)11-12-9(16-2)8-10(13-11)17-3/h8H,4-7H2,1-3H3. The van der Waals surface area contributed by atoms with Crippen LogP contribution < -0.4 is 14.4 Å². The topological polar surface area (TPSA) is 50.7 Å². The number of aromatic nitrogens is 2. The SMILES string of the molecule is COc1cc(OC)nc(N2CCN(C)CC2)n1. The van der Waals surface area contributed by atoms with Crippen LogP contribution in [0.25, 0.3) is 0 Å². The lowest BCUT2D eigenvalue weighted by Crippen LogP contribution is -2.45. The van der Waals surface area contributed by atoms with E-state index in [1.54, 1.807) is 20.3 Å². The third-order valence-electron chi connectivity index (χ3n) is 2.87. The van der Waals surface area contributed by atoms with E-state index >= 15 is 0 Å². The van der Waals surface area contributed by atoms with Crippen molar-refractivity contribution < 1.29 is 9.47 Å². The van der Waals surface area contributed by atoms with E-state index in [9.17, 15) is 0 Å². The molecule has 2 rings (SSSR count). The second-order valence-electron chi connectivity index (χ2n) is 4.04. The quantitative estimate of drug-likeness (QED) is 0.752. The summed E-state index contributed by atoms with van der Waals surface area (Å²) >= 11 is 0. The van der Waals surface area contributed by atoms with Crippen LogP contribution in [-0.4, -0.2) is 62.3 Å². The molecule has 0 saturated carbocycles. The average molecular weight is 238 g/mol. The van der Waals surface area contributed by atoms with E-state index in [1.807, 2.05) is 0 Å². The van der Waals surface area contributed by atoms with Crippen LogP contribution in [0, 0.1) is 0 Å². The lowest BCUT2D eigenvalue weighted by molar-refractivity contribution is 0.309. The summed E-state index contributed by atoms with van der Waals surface area (Å²) in [5, 5.41) is 0. The smallest absolute Gasteiger partial charge is 0.232 e. The fourth-order valence-electron chi connectivity index (χ4n) is 1.75. The summed E-state index contributed by atoms with van der Waals surface area (Å²) < 4.78 is 10.3. The van der Waals surface area contributed by atoms with Crippen LogP contribution in [0.1, 0.15) is 0 Å². The lowest BCUT2D eigenvalue weighted by Gasteiger charge is -2.32. The van der Waals surface area contributed by atoms with Gasteiger partial charge in [-0.2, -0.15) is 9.97 Å². The van der Waals surface area contributed by atoms with Gasteiger partial charge in [-0.3, -0.25) is 0 Å². The molecule has 0 atom stereocenters. The van der Waals surface area contributed by atoms with Crippen molar-refractivity contribution in [2.75, 3.05) is 52.3 Å². The molecule has 0 unspecified atom stereocenters. The van der Waals surface area contributed by atoms with E-state index in [0.717, 1.165) is 26.2 Å². The van der Waals surface area contributed by atoms with Gasteiger partial charge in [0, 0.05) is 26.2 Å². The van der Waals surface area contributed by atoms with Crippen molar-refractivity contribution in [3.63, 3.8) is 0 Å². The first-order valence-corrected chi connectivity index (χ1v) is 5.63. The second-order valence-corrected chi connectivity index (χ2v) is 4.04. The van der Waals surface area contributed by atoms with Crippen molar-refractivity contribution in [1.29, 1.82) is 0 Å². The maximum Gasteiger partial charge on any atom is 0.232 e. The molecule has 6 nitrogen and oxygen atoms in total. The highest BCUT2D eigenvalue weighted by Crippen LogP contribution is 2.20. The van der Waals surface area contributed by atoms with Crippen molar-refractivity contribution in [2.24, 2.45) is 0 Å². The molecule has 6 heteroatoms. The van der Waals surface area contributed by atoms with E-state index in [4.69, 9.17) is 9.47 Å². The minimum Gasteiger partial charge on any atom is -0.481 e. The van der Waals surface area contributed by atoms with Gasteiger partial charge in [0.2, 0.25) is 17.7 Å². The first-order valence-electron chi connectivity index (χ1n) is 5.63. The first-order chi connectivity index (χ1) is 8.22. The van der Waals surface area contributed by atoms with Gasteiger partial charge < -0.3 is 19.3 Å². The molecule has 0 spiro atoms. The van der Waals surface area contributed by atoms with Gasteiger partial charge in [-0.1, -0.05) is 0 Å². The van der Waals surface area contributed by atoms with Gasteiger partial charge in [0.15, 0.2) is 0 Å². The summed E-state index contributed by atoms with van der Waals surface area (Å²) in [6.45, 7) is 3.88. The summed E-state index contributed by atoms with van der Waals surface area (Å²) in [7, 11) is 5.30. The van der Waals surface area contributed by atoms with E-state index in [2.05, 4.69) is 26.8 Å². The Morgan fingerprint density at radius 1 is 1.00 bits per heavy atom. The molecule has 1 aliphatic heterocycles. The number of nitrogens with zero attached hydrogens (tertiary/aromatic N) is 4. The summed E-state index contributed by atoms with van der Waals surface area (Å²) in [5.74, 6) is 1.74. The Balaban J connectivity index is 2.19. The summed E-state index contributed by atoms with van der Waals surface area (Å²) in [6, 6.07) is 1.68. The molecule has 0 aliphatic carbocycles. The Hall–Kier alpha value is -1.56. The van der Waals surface area contributed by atoms with E-state index in [-0.39, 0.29) is 0 Å². The Bertz CT molecular complexity index is 355. The van der Waals surface area contributed by atoms with Crippen LogP contribution >= 0.6 is 0 Å². The van der Waals surface area contributed by atoms with Crippen molar-refractivity contribution >= 4 is 5.95 Å². The molecule has 94 valence electrons. The van der Waals surface area contributed by atoms with Crippen molar-refractivity contribution in [2.45, 2.75) is 0 Å². The molecule has 0 aromatic carbocycles. The molecule has 0 amide bonds. The fourth-order valence-corrected chi connectivity index (χ4v) is 1.75. The molecule has 1 aromatic rings. The third-order valence-corrected chi connectivity index (χ3v) is 2.87. The van der Waals surface area contributed by atoms with Gasteiger partial charge in [0.05, 0.1) is 20.3 Å². The zero-order valence-corrected chi connectivity index (χ0v) is 10.5. The number of anilines is 1. The molecule has 1 aromatic heterocycles. The van der Waals surface area contributed by atoms with Gasteiger partial charge in [-0.15, -0.1) is 0 Å². The van der Waals surface area contributed by atoms with Crippen molar-refractivity contribution in [3.8, 4) is 11.8 Å². The number of hydrogen-bond donors (Lipinski definition) is 0. The number of rotatable bonds is 3. The molecular weight excluding hydrogens is 220 g/mol. The largest absolute Gasteiger partial charge is 0.481 e. The predicted octanol–water partition coefficient (Wildman–Crippen LogP) is 0.246. The highest BCUT2D eigenvalue weighted by Gasteiger charge is 2.18. The number of piperazine rings is 1. The van der Waals surface area contributed by atoms with E-state index < -0.39 is 0 Å². The summed E-state index contributed by atoms with van der Waals surface area (Å²) in [5.41, 5.74) is 0. The molecule has 0 N–H and O–H groups in total. The highest BCUT2D eigenvalue weighted by molar-refractivity contribution is 5.37. The van der Waals surface area contributed by atoms with Crippen LogP contribution in [0.15, 0.2) is 6.07 Å². The van der Waals surface area contributed by atoms with E-state index in [0.29, 0.717) is 17.7 Å². The molecule has 0 radical (unpaired) electrons. The Morgan fingerprint density at radius 3 is 2.00 bits per heavy atom. The Labute approximate surface area is 101 Å². The molecule has 0 bridgehead atoms. The van der Waals surface area contributed by atoms with Crippen LogP contribution in [0.3, 0.4) is 0 Å². The van der Waals surface area contributed by atoms with Crippen LogP contribution in [0.4, 0.5) is 5.95 Å². The zero-order valence-electron chi connectivity index (χ0n) is 10.5. The third kappa shape index (κ3) is 2.76. The lowest BCUT2D eigenvalue weighted by atomic mass is 10.3. The molecule has 1 saturated heterocycles. The fraction of sp³-hybridized carbons (Fsp3) is 0.636. The predicted molar refractivity (Wildman–Crippen MR) is 64.8 cm³/mol. The number of likely N-dealkylation sites (N-methyl/N-ethyl adjacent to an activating group) is 1. The maximum absolute atomic E-state index is 5.14. The minimum absolute atomic E-state index is 0.533. The maximum atomic E-state index is 5.14. The Kier molecular flexibility index (Phi) is 3.63. The van der Waals surface area contributed by atoms with Crippen LogP contribution in [0.2, 0.25) is 0 Å². The Morgan fingerprint density at radius 2 is 1.53 bits per heavy atom. The van der Waals surface area contributed by atoms with Gasteiger partial charge in [0.25, 0.3) is 0 Å². The summed E-state index contributed by atoms with van der Waals surface area (Å²) in [6.07, 6.45) is 0. The number of hydrogen-bond acceptors (Lipinski definition) is 6.